The van der Waals surface area contributed by atoms with Gasteiger partial charge in [-0.3, -0.25) is 4.79 Å². The van der Waals surface area contributed by atoms with E-state index in [0.29, 0.717) is 23.6 Å². The minimum atomic E-state index is -0.642. The zero-order valence-electron chi connectivity index (χ0n) is 17.8. The van der Waals surface area contributed by atoms with E-state index in [0.717, 1.165) is 24.3 Å². The molecule has 1 aliphatic heterocycles. The second-order valence-electron chi connectivity index (χ2n) is 7.22. The molecule has 1 saturated heterocycles. The number of nitrogens with zero attached hydrogens (tertiary/aromatic N) is 1. The first-order chi connectivity index (χ1) is 15.1. The van der Waals surface area contributed by atoms with Gasteiger partial charge in [0.1, 0.15) is 0 Å². The number of nitrogens with one attached hydrogen (secondary N) is 1. The molecule has 0 saturated carbocycles. The van der Waals surface area contributed by atoms with Gasteiger partial charge >= 0.3 is 5.97 Å². The van der Waals surface area contributed by atoms with Gasteiger partial charge in [-0.15, -0.1) is 6.58 Å². The van der Waals surface area contributed by atoms with E-state index >= 15 is 0 Å². The van der Waals surface area contributed by atoms with E-state index < -0.39 is 11.9 Å². The average molecular weight is 424 g/mol. The van der Waals surface area contributed by atoms with Gasteiger partial charge in [0.25, 0.3) is 5.91 Å². The molecule has 1 fully saturated rings. The highest BCUT2D eigenvalue weighted by Crippen LogP contribution is 2.28. The third kappa shape index (κ3) is 6.50. The van der Waals surface area contributed by atoms with Crippen LogP contribution in [0.3, 0.4) is 0 Å². The first kappa shape index (κ1) is 22.2. The number of ether oxygens (including phenoxy) is 3. The highest BCUT2D eigenvalue weighted by Gasteiger charge is 2.13. The maximum absolute atomic E-state index is 12.1. The molecule has 7 nitrogen and oxygen atoms in total. The van der Waals surface area contributed by atoms with E-state index in [1.165, 1.54) is 20.0 Å². The molecule has 0 atom stereocenters. The summed E-state index contributed by atoms with van der Waals surface area (Å²) in [5.74, 6) is -0.109. The Labute approximate surface area is 182 Å². The molecule has 0 radical (unpaired) electrons. The van der Waals surface area contributed by atoms with Crippen LogP contribution in [-0.4, -0.2) is 45.3 Å². The summed E-state index contributed by atoms with van der Waals surface area (Å²) in [7, 11) is 1.53. The van der Waals surface area contributed by atoms with Gasteiger partial charge in [0.15, 0.2) is 24.7 Å². The van der Waals surface area contributed by atoms with Gasteiger partial charge in [-0.25, -0.2) is 4.79 Å². The molecule has 0 aromatic heterocycles. The van der Waals surface area contributed by atoms with Crippen molar-refractivity contribution in [2.24, 2.45) is 0 Å². The third-order valence-corrected chi connectivity index (χ3v) is 4.94. The van der Waals surface area contributed by atoms with Crippen molar-refractivity contribution >= 4 is 23.3 Å². The van der Waals surface area contributed by atoms with Gasteiger partial charge < -0.3 is 24.4 Å². The number of amides is 1. The summed E-state index contributed by atoms with van der Waals surface area (Å²) in [5.41, 5.74) is 2.82. The lowest BCUT2D eigenvalue weighted by molar-refractivity contribution is -0.149. The molecule has 0 bridgehead atoms. The summed E-state index contributed by atoms with van der Waals surface area (Å²) in [6, 6.07) is 13.1. The Kier molecular flexibility index (Phi) is 7.92. The highest BCUT2D eigenvalue weighted by atomic mass is 16.6. The minimum Gasteiger partial charge on any atom is -0.493 e. The second kappa shape index (κ2) is 11.1. The van der Waals surface area contributed by atoms with Crippen molar-refractivity contribution in [1.29, 1.82) is 0 Å². The number of benzene rings is 2. The molecule has 1 aliphatic rings. The first-order valence-electron chi connectivity index (χ1n) is 10.3. The second-order valence-corrected chi connectivity index (χ2v) is 7.22. The number of anilines is 2. The van der Waals surface area contributed by atoms with Crippen molar-refractivity contribution in [3.8, 4) is 11.5 Å². The predicted molar refractivity (Wildman–Crippen MR) is 120 cm³/mol. The van der Waals surface area contributed by atoms with Gasteiger partial charge in [0.05, 0.1) is 7.11 Å². The Balaban J connectivity index is 1.42. The molecule has 7 heteroatoms. The van der Waals surface area contributed by atoms with Crippen LogP contribution in [0.5, 0.6) is 11.5 Å². The van der Waals surface area contributed by atoms with Crippen LogP contribution in [0.2, 0.25) is 0 Å². The first-order valence-corrected chi connectivity index (χ1v) is 10.3. The lowest BCUT2D eigenvalue weighted by Crippen LogP contribution is -2.23. The van der Waals surface area contributed by atoms with Crippen molar-refractivity contribution in [1.82, 2.24) is 0 Å². The topological polar surface area (TPSA) is 77.1 Å². The van der Waals surface area contributed by atoms with Crippen LogP contribution in [0.15, 0.2) is 55.1 Å². The van der Waals surface area contributed by atoms with Crippen LogP contribution in [0, 0.1) is 0 Å². The summed E-state index contributed by atoms with van der Waals surface area (Å²) in [5, 5.41) is 2.72. The van der Waals surface area contributed by atoms with Crippen molar-refractivity contribution in [2.45, 2.75) is 19.3 Å². The number of carbonyl (C=O) groups is 2. The van der Waals surface area contributed by atoms with Gasteiger partial charge in [-0.2, -0.15) is 0 Å². The summed E-state index contributed by atoms with van der Waals surface area (Å²) < 4.78 is 15.8. The van der Waals surface area contributed by atoms with Crippen LogP contribution in [-0.2, 0) is 20.7 Å². The fourth-order valence-electron chi connectivity index (χ4n) is 3.38. The molecule has 0 spiro atoms. The molecule has 0 aliphatic carbocycles. The van der Waals surface area contributed by atoms with Crippen LogP contribution in [0.4, 0.5) is 11.4 Å². The SMILES string of the molecule is C=CCc1ccc(OCC(=O)OCC(=O)Nc2ccc(N3CCCC3)cc2)c(OC)c1. The predicted octanol–water partition coefficient (Wildman–Crippen LogP) is 3.58. The molecule has 1 N–H and O–H groups in total. The largest absolute Gasteiger partial charge is 0.493 e. The van der Waals surface area contributed by atoms with E-state index in [4.69, 9.17) is 14.2 Å². The normalized spacial score (nSPS) is 12.9. The molecule has 164 valence electrons. The quantitative estimate of drug-likeness (QED) is 0.464. The van der Waals surface area contributed by atoms with Gasteiger partial charge in [0, 0.05) is 24.5 Å². The van der Waals surface area contributed by atoms with Gasteiger partial charge in [-0.05, 0) is 61.2 Å². The Morgan fingerprint density at radius 1 is 1.06 bits per heavy atom. The standard InChI is InChI=1S/C24H28N2O5/c1-3-6-18-7-12-21(22(15-18)29-2)30-17-24(28)31-16-23(27)25-19-8-10-20(11-9-19)26-13-4-5-14-26/h3,7-12,15H,1,4-6,13-14,16-17H2,2H3,(H,25,27). The number of rotatable bonds is 10. The Morgan fingerprint density at radius 3 is 2.48 bits per heavy atom. The molecule has 2 aromatic carbocycles. The number of allylic oxidation sites excluding steroid dienone is 1. The van der Waals surface area contributed by atoms with Crippen molar-refractivity contribution in [3.63, 3.8) is 0 Å². The Morgan fingerprint density at radius 2 is 1.81 bits per heavy atom. The average Bonchev–Trinajstić information content (AvgIpc) is 3.32. The molecule has 2 aromatic rings. The Hall–Kier alpha value is -3.48. The Bertz CT molecular complexity index is 905. The van der Waals surface area contributed by atoms with E-state index in [2.05, 4.69) is 16.8 Å². The lowest BCUT2D eigenvalue weighted by atomic mass is 10.1. The number of hydrogen-bond acceptors (Lipinski definition) is 6. The summed E-state index contributed by atoms with van der Waals surface area (Å²) >= 11 is 0. The van der Waals surface area contributed by atoms with E-state index in [1.807, 2.05) is 36.4 Å². The number of hydrogen-bond donors (Lipinski definition) is 1. The lowest BCUT2D eigenvalue weighted by Gasteiger charge is -2.17. The summed E-state index contributed by atoms with van der Waals surface area (Å²) in [6.07, 6.45) is 4.91. The fraction of sp³-hybridized carbons (Fsp3) is 0.333. The van der Waals surface area contributed by atoms with Crippen LogP contribution >= 0.6 is 0 Å². The zero-order chi connectivity index (χ0) is 22.1. The maximum atomic E-state index is 12.1. The molecule has 0 unspecified atom stereocenters. The highest BCUT2D eigenvalue weighted by molar-refractivity contribution is 5.93. The van der Waals surface area contributed by atoms with Crippen molar-refractivity contribution in [3.05, 3.63) is 60.7 Å². The summed E-state index contributed by atoms with van der Waals surface area (Å²) in [4.78, 5) is 26.3. The fourth-order valence-corrected chi connectivity index (χ4v) is 3.38. The zero-order valence-corrected chi connectivity index (χ0v) is 17.8. The van der Waals surface area contributed by atoms with Crippen molar-refractivity contribution < 1.29 is 23.8 Å². The van der Waals surface area contributed by atoms with Crippen LogP contribution in [0.1, 0.15) is 18.4 Å². The number of carbonyl (C=O) groups excluding carboxylic acids is 2. The molecule has 3 rings (SSSR count). The molecule has 1 amide bonds. The smallest absolute Gasteiger partial charge is 0.344 e. The van der Waals surface area contributed by atoms with Crippen molar-refractivity contribution in [2.75, 3.05) is 43.6 Å². The van der Waals surface area contributed by atoms with Crippen LogP contribution < -0.4 is 19.7 Å². The third-order valence-electron chi connectivity index (χ3n) is 4.94. The van der Waals surface area contributed by atoms with Gasteiger partial charge in [-0.1, -0.05) is 12.1 Å². The van der Waals surface area contributed by atoms with E-state index in [9.17, 15) is 9.59 Å². The van der Waals surface area contributed by atoms with E-state index in [-0.39, 0.29) is 13.2 Å². The number of methoxy groups -OCH3 is 1. The van der Waals surface area contributed by atoms with Crippen LogP contribution in [0.25, 0.3) is 0 Å². The monoisotopic (exact) mass is 424 g/mol. The number of esters is 1. The summed E-state index contributed by atoms with van der Waals surface area (Å²) in [6.45, 7) is 5.13. The molecular formula is C24H28N2O5. The van der Waals surface area contributed by atoms with Gasteiger partial charge in [0.2, 0.25) is 0 Å². The maximum Gasteiger partial charge on any atom is 0.344 e. The molecule has 1 heterocycles. The minimum absolute atomic E-state index is 0.324. The molecule has 31 heavy (non-hydrogen) atoms. The molecular weight excluding hydrogens is 396 g/mol. The van der Waals surface area contributed by atoms with E-state index in [1.54, 1.807) is 12.1 Å².